The Labute approximate surface area is 105 Å². The topological polar surface area (TPSA) is 37.3 Å². The molecule has 0 atom stereocenters. The van der Waals surface area contributed by atoms with Crippen LogP contribution in [0.3, 0.4) is 0 Å². The van der Waals surface area contributed by atoms with E-state index in [9.17, 15) is 4.79 Å². The van der Waals surface area contributed by atoms with Crippen LogP contribution >= 0.6 is 0 Å². The molecule has 0 heterocycles. The zero-order valence-electron chi connectivity index (χ0n) is 11.2. The van der Waals surface area contributed by atoms with Crippen LogP contribution in [0.2, 0.25) is 0 Å². The first-order valence-electron chi connectivity index (χ1n) is 7.25. The minimum Gasteiger partial charge on any atom is -0.481 e. The van der Waals surface area contributed by atoms with Crippen molar-refractivity contribution >= 4 is 5.97 Å². The molecule has 0 aromatic heterocycles. The van der Waals surface area contributed by atoms with Gasteiger partial charge in [0.05, 0.1) is 6.42 Å². The summed E-state index contributed by atoms with van der Waals surface area (Å²) in [6, 6.07) is 0. The van der Waals surface area contributed by atoms with Crippen molar-refractivity contribution in [2.45, 2.75) is 65.2 Å². The van der Waals surface area contributed by atoms with E-state index < -0.39 is 5.97 Å². The van der Waals surface area contributed by atoms with E-state index in [0.717, 1.165) is 24.7 Å². The number of hydrogen-bond donors (Lipinski definition) is 1. The summed E-state index contributed by atoms with van der Waals surface area (Å²) in [4.78, 5) is 11.0. The minimum absolute atomic E-state index is 0.188. The molecule has 98 valence electrons. The third-order valence-electron chi connectivity index (χ3n) is 5.43. The van der Waals surface area contributed by atoms with E-state index in [0.29, 0.717) is 12.3 Å². The second kappa shape index (κ2) is 4.99. The molecule has 0 saturated heterocycles. The number of hydrogen-bond acceptors (Lipinski definition) is 1. The van der Waals surface area contributed by atoms with Crippen molar-refractivity contribution in [2.75, 3.05) is 0 Å². The van der Waals surface area contributed by atoms with Crippen LogP contribution in [0, 0.1) is 23.2 Å². The van der Waals surface area contributed by atoms with Crippen LogP contribution in [0.5, 0.6) is 0 Å². The lowest BCUT2D eigenvalue weighted by Crippen LogP contribution is -2.41. The summed E-state index contributed by atoms with van der Waals surface area (Å²) in [7, 11) is 0. The lowest BCUT2D eigenvalue weighted by atomic mass is 9.55. The van der Waals surface area contributed by atoms with Crippen LogP contribution in [-0.2, 0) is 4.79 Å². The van der Waals surface area contributed by atoms with Gasteiger partial charge in [-0.15, -0.1) is 0 Å². The van der Waals surface area contributed by atoms with Crippen LogP contribution in [0.15, 0.2) is 0 Å². The first-order valence-corrected chi connectivity index (χ1v) is 7.25. The number of rotatable bonds is 4. The Morgan fingerprint density at radius 3 is 2.18 bits per heavy atom. The number of carbonyl (C=O) groups is 1. The largest absolute Gasteiger partial charge is 0.481 e. The van der Waals surface area contributed by atoms with Gasteiger partial charge in [0.1, 0.15) is 0 Å². The normalized spacial score (nSPS) is 32.2. The van der Waals surface area contributed by atoms with Crippen molar-refractivity contribution in [3.05, 3.63) is 0 Å². The molecule has 0 amide bonds. The van der Waals surface area contributed by atoms with Crippen molar-refractivity contribution in [3.63, 3.8) is 0 Å². The lowest BCUT2D eigenvalue weighted by Gasteiger charge is -2.50. The van der Waals surface area contributed by atoms with Crippen molar-refractivity contribution < 1.29 is 9.90 Å². The fraction of sp³-hybridized carbons (Fsp3) is 0.933. The maximum absolute atomic E-state index is 11.0. The van der Waals surface area contributed by atoms with Gasteiger partial charge in [0.2, 0.25) is 0 Å². The summed E-state index contributed by atoms with van der Waals surface area (Å²) in [5.41, 5.74) is 0.188. The summed E-state index contributed by atoms with van der Waals surface area (Å²) >= 11 is 0. The molecule has 2 fully saturated rings. The van der Waals surface area contributed by atoms with Gasteiger partial charge < -0.3 is 5.11 Å². The molecule has 2 aliphatic rings. The minimum atomic E-state index is -0.587. The molecule has 2 heteroatoms. The van der Waals surface area contributed by atoms with Crippen LogP contribution in [-0.4, -0.2) is 11.1 Å². The molecule has 0 bridgehead atoms. The van der Waals surface area contributed by atoms with Crippen molar-refractivity contribution in [1.82, 2.24) is 0 Å². The highest BCUT2D eigenvalue weighted by Crippen LogP contribution is 2.55. The van der Waals surface area contributed by atoms with Gasteiger partial charge in [-0.1, -0.05) is 20.3 Å². The molecule has 2 saturated carbocycles. The summed E-state index contributed by atoms with van der Waals surface area (Å²) in [6.45, 7) is 4.64. The zero-order valence-corrected chi connectivity index (χ0v) is 11.2. The molecule has 1 N–H and O–H groups in total. The Kier molecular flexibility index (Phi) is 3.79. The van der Waals surface area contributed by atoms with E-state index in [1.54, 1.807) is 0 Å². The standard InChI is InChI=1S/C15H26O2/c1-11(2)12-4-6-13(7-5-12)15(8-3-9-15)10-14(16)17/h11-13H,3-10H2,1-2H3,(H,16,17). The Balaban J connectivity index is 1.92. The molecule has 17 heavy (non-hydrogen) atoms. The number of carboxylic acids is 1. The van der Waals surface area contributed by atoms with E-state index in [-0.39, 0.29) is 5.41 Å². The third kappa shape index (κ3) is 2.66. The molecule has 2 rings (SSSR count). The summed E-state index contributed by atoms with van der Waals surface area (Å²) in [6.07, 6.45) is 9.19. The van der Waals surface area contributed by atoms with Gasteiger partial charge in [0, 0.05) is 0 Å². The highest BCUT2D eigenvalue weighted by atomic mass is 16.4. The summed E-state index contributed by atoms with van der Waals surface area (Å²) in [5, 5.41) is 9.08. The van der Waals surface area contributed by atoms with Crippen molar-refractivity contribution in [3.8, 4) is 0 Å². The first kappa shape index (κ1) is 12.9. The second-order valence-corrected chi connectivity index (χ2v) is 6.64. The molecule has 2 nitrogen and oxygen atoms in total. The molecule has 2 aliphatic carbocycles. The van der Waals surface area contributed by atoms with Crippen LogP contribution in [0.1, 0.15) is 65.2 Å². The quantitative estimate of drug-likeness (QED) is 0.800. The van der Waals surface area contributed by atoms with Crippen LogP contribution in [0.25, 0.3) is 0 Å². The number of aliphatic carboxylic acids is 1. The zero-order chi connectivity index (χ0) is 12.5. The molecule has 0 radical (unpaired) electrons. The lowest BCUT2D eigenvalue weighted by molar-refractivity contribution is -0.144. The molecule has 0 aromatic rings. The SMILES string of the molecule is CC(C)C1CCC(C2(CC(=O)O)CCC2)CC1. The predicted octanol–water partition coefficient (Wildman–Crippen LogP) is 4.09. The van der Waals surface area contributed by atoms with Crippen LogP contribution < -0.4 is 0 Å². The Hall–Kier alpha value is -0.530. The molecule has 0 aromatic carbocycles. The molecule has 0 aliphatic heterocycles. The fourth-order valence-electron chi connectivity index (χ4n) is 4.06. The molecule has 0 unspecified atom stereocenters. The van der Waals surface area contributed by atoms with E-state index >= 15 is 0 Å². The summed E-state index contributed by atoms with van der Waals surface area (Å²) in [5.74, 6) is 1.79. The smallest absolute Gasteiger partial charge is 0.303 e. The first-order chi connectivity index (χ1) is 8.03. The van der Waals surface area contributed by atoms with E-state index in [1.807, 2.05) is 0 Å². The Bertz CT molecular complexity index is 271. The van der Waals surface area contributed by atoms with E-state index in [1.165, 1.54) is 32.1 Å². The van der Waals surface area contributed by atoms with E-state index in [4.69, 9.17) is 5.11 Å². The average molecular weight is 238 g/mol. The van der Waals surface area contributed by atoms with E-state index in [2.05, 4.69) is 13.8 Å². The highest BCUT2D eigenvalue weighted by Gasteiger charge is 2.46. The molecule has 0 spiro atoms. The summed E-state index contributed by atoms with van der Waals surface area (Å²) < 4.78 is 0. The van der Waals surface area contributed by atoms with Gasteiger partial charge in [0.25, 0.3) is 0 Å². The van der Waals surface area contributed by atoms with Gasteiger partial charge in [-0.2, -0.15) is 0 Å². The predicted molar refractivity (Wildman–Crippen MR) is 68.8 cm³/mol. The van der Waals surface area contributed by atoms with Crippen LogP contribution in [0.4, 0.5) is 0 Å². The average Bonchev–Trinajstić information content (AvgIpc) is 2.23. The second-order valence-electron chi connectivity index (χ2n) is 6.64. The van der Waals surface area contributed by atoms with Gasteiger partial charge in [-0.25, -0.2) is 0 Å². The fourth-order valence-corrected chi connectivity index (χ4v) is 4.06. The Morgan fingerprint density at radius 1 is 1.24 bits per heavy atom. The van der Waals surface area contributed by atoms with Gasteiger partial charge in [-0.3, -0.25) is 4.79 Å². The van der Waals surface area contributed by atoms with Gasteiger partial charge >= 0.3 is 5.97 Å². The van der Waals surface area contributed by atoms with Crippen molar-refractivity contribution in [1.29, 1.82) is 0 Å². The molecular formula is C15H26O2. The maximum atomic E-state index is 11.0. The van der Waals surface area contributed by atoms with Gasteiger partial charge in [0.15, 0.2) is 0 Å². The monoisotopic (exact) mass is 238 g/mol. The molecular weight excluding hydrogens is 212 g/mol. The van der Waals surface area contributed by atoms with Gasteiger partial charge in [-0.05, 0) is 61.7 Å². The Morgan fingerprint density at radius 2 is 1.82 bits per heavy atom. The highest BCUT2D eigenvalue weighted by molar-refractivity contribution is 5.68. The third-order valence-corrected chi connectivity index (χ3v) is 5.43. The maximum Gasteiger partial charge on any atom is 0.303 e. The number of carboxylic acid groups (broad SMARTS) is 1. The van der Waals surface area contributed by atoms with Crippen molar-refractivity contribution in [2.24, 2.45) is 23.2 Å².